The first-order valence-corrected chi connectivity index (χ1v) is 6.91. The van der Waals surface area contributed by atoms with Gasteiger partial charge in [-0.2, -0.15) is 0 Å². The predicted octanol–water partition coefficient (Wildman–Crippen LogP) is 1.04. The van der Waals surface area contributed by atoms with Gasteiger partial charge in [-0.15, -0.1) is 0 Å². The molecule has 1 rings (SSSR count). The Labute approximate surface area is 104 Å². The van der Waals surface area contributed by atoms with Gasteiger partial charge in [0.15, 0.2) is 0 Å². The van der Waals surface area contributed by atoms with E-state index in [9.17, 15) is 4.79 Å². The van der Waals surface area contributed by atoms with Crippen LogP contribution in [0.25, 0.3) is 0 Å². The van der Waals surface area contributed by atoms with Crippen LogP contribution >= 0.6 is 0 Å². The van der Waals surface area contributed by atoms with Gasteiger partial charge in [0.05, 0.1) is 0 Å². The zero-order chi connectivity index (χ0) is 12.3. The first kappa shape index (κ1) is 14.5. The fraction of sp³-hybridized carbons (Fsp3) is 0.923. The summed E-state index contributed by atoms with van der Waals surface area (Å²) < 4.78 is 0. The fourth-order valence-corrected chi connectivity index (χ4v) is 2.25. The van der Waals surface area contributed by atoms with E-state index < -0.39 is 0 Å². The summed E-state index contributed by atoms with van der Waals surface area (Å²) in [5, 5.41) is 14.9. The van der Waals surface area contributed by atoms with E-state index in [1.807, 2.05) is 0 Å². The summed E-state index contributed by atoms with van der Waals surface area (Å²) in [6.45, 7) is 3.15. The van der Waals surface area contributed by atoms with E-state index in [-0.39, 0.29) is 12.5 Å². The molecule has 0 bridgehead atoms. The highest BCUT2D eigenvalue weighted by Crippen LogP contribution is 2.13. The van der Waals surface area contributed by atoms with Gasteiger partial charge in [0, 0.05) is 19.6 Å². The van der Waals surface area contributed by atoms with Crippen molar-refractivity contribution in [3.63, 3.8) is 0 Å². The number of piperidine rings is 1. The van der Waals surface area contributed by atoms with Gasteiger partial charge in [-0.05, 0) is 44.7 Å². The van der Waals surface area contributed by atoms with E-state index in [4.69, 9.17) is 5.11 Å². The van der Waals surface area contributed by atoms with Crippen molar-refractivity contribution < 1.29 is 9.90 Å². The zero-order valence-electron chi connectivity index (χ0n) is 10.7. The summed E-state index contributed by atoms with van der Waals surface area (Å²) in [5.74, 6) is 0.721. The number of nitrogens with one attached hydrogen (secondary N) is 2. The Morgan fingerprint density at radius 3 is 2.82 bits per heavy atom. The van der Waals surface area contributed by atoms with Crippen LogP contribution in [0.5, 0.6) is 0 Å². The highest BCUT2D eigenvalue weighted by Gasteiger charge is 2.16. The molecule has 3 N–H and O–H groups in total. The zero-order valence-corrected chi connectivity index (χ0v) is 10.7. The molecule has 0 radical (unpaired) electrons. The summed E-state index contributed by atoms with van der Waals surface area (Å²) in [6, 6.07) is 0. The van der Waals surface area contributed by atoms with E-state index in [0.717, 1.165) is 45.3 Å². The molecule has 1 unspecified atom stereocenters. The predicted molar refractivity (Wildman–Crippen MR) is 68.8 cm³/mol. The van der Waals surface area contributed by atoms with E-state index >= 15 is 0 Å². The van der Waals surface area contributed by atoms with Crippen molar-refractivity contribution in [3.8, 4) is 0 Å². The number of aliphatic hydroxyl groups is 1. The average molecular weight is 242 g/mol. The van der Waals surface area contributed by atoms with Gasteiger partial charge in [-0.25, -0.2) is 0 Å². The van der Waals surface area contributed by atoms with Crippen molar-refractivity contribution in [3.05, 3.63) is 0 Å². The van der Waals surface area contributed by atoms with Crippen LogP contribution in [0.4, 0.5) is 0 Å². The number of hydrogen-bond donors (Lipinski definition) is 3. The minimum Gasteiger partial charge on any atom is -0.396 e. The molecule has 17 heavy (non-hydrogen) atoms. The molecule has 4 nitrogen and oxygen atoms in total. The molecule has 4 heteroatoms. The Morgan fingerprint density at radius 2 is 2.12 bits per heavy atom. The van der Waals surface area contributed by atoms with E-state index in [2.05, 4.69) is 10.6 Å². The van der Waals surface area contributed by atoms with Crippen molar-refractivity contribution in [1.82, 2.24) is 10.6 Å². The van der Waals surface area contributed by atoms with Gasteiger partial charge in [-0.3, -0.25) is 4.79 Å². The first-order chi connectivity index (χ1) is 8.33. The molecule has 0 aromatic carbocycles. The van der Waals surface area contributed by atoms with Gasteiger partial charge in [-0.1, -0.05) is 12.8 Å². The van der Waals surface area contributed by atoms with Crippen LogP contribution in [0, 0.1) is 5.92 Å². The Hall–Kier alpha value is -0.610. The normalized spacial score (nSPS) is 20.2. The molecule has 1 heterocycles. The van der Waals surface area contributed by atoms with Crippen LogP contribution in [0.3, 0.4) is 0 Å². The topological polar surface area (TPSA) is 61.4 Å². The molecule has 100 valence electrons. The van der Waals surface area contributed by atoms with E-state index in [0.29, 0.717) is 12.3 Å². The van der Waals surface area contributed by atoms with Gasteiger partial charge in [0.25, 0.3) is 0 Å². The SMILES string of the molecule is O=C(CC1CCCNC1)NCCCCCCO. The number of rotatable bonds is 8. The van der Waals surface area contributed by atoms with Crippen LogP contribution in [-0.2, 0) is 4.79 Å². The summed E-state index contributed by atoms with van der Waals surface area (Å²) in [4.78, 5) is 11.6. The summed E-state index contributed by atoms with van der Waals surface area (Å²) in [7, 11) is 0. The molecular weight excluding hydrogens is 216 g/mol. The molecule has 1 aliphatic rings. The third-order valence-corrected chi connectivity index (χ3v) is 3.28. The van der Waals surface area contributed by atoms with Crippen molar-refractivity contribution >= 4 is 5.91 Å². The summed E-state index contributed by atoms with van der Waals surface area (Å²) in [5.41, 5.74) is 0. The number of aliphatic hydroxyl groups excluding tert-OH is 1. The molecule has 0 aromatic heterocycles. The summed E-state index contributed by atoms with van der Waals surface area (Å²) in [6.07, 6.45) is 7.08. The minimum atomic E-state index is 0.195. The number of carbonyl (C=O) groups is 1. The molecule has 0 spiro atoms. The van der Waals surface area contributed by atoms with Gasteiger partial charge >= 0.3 is 0 Å². The smallest absolute Gasteiger partial charge is 0.220 e. The monoisotopic (exact) mass is 242 g/mol. The Balaban J connectivity index is 1.93. The molecule has 1 fully saturated rings. The molecule has 1 atom stereocenters. The maximum Gasteiger partial charge on any atom is 0.220 e. The maximum atomic E-state index is 11.6. The Kier molecular flexibility index (Phi) is 8.01. The lowest BCUT2D eigenvalue weighted by Crippen LogP contribution is -2.34. The lowest BCUT2D eigenvalue weighted by molar-refractivity contribution is -0.122. The van der Waals surface area contributed by atoms with E-state index in [1.54, 1.807) is 0 Å². The van der Waals surface area contributed by atoms with Gasteiger partial charge in [0.1, 0.15) is 0 Å². The van der Waals surface area contributed by atoms with Crippen LogP contribution in [-0.4, -0.2) is 37.3 Å². The van der Waals surface area contributed by atoms with Crippen LogP contribution < -0.4 is 10.6 Å². The van der Waals surface area contributed by atoms with Gasteiger partial charge in [0.2, 0.25) is 5.91 Å². The molecular formula is C13H26N2O2. The average Bonchev–Trinajstić information content (AvgIpc) is 2.35. The molecule has 1 amide bonds. The van der Waals surface area contributed by atoms with Crippen molar-refractivity contribution in [1.29, 1.82) is 0 Å². The van der Waals surface area contributed by atoms with Crippen LogP contribution in [0.1, 0.15) is 44.9 Å². The largest absolute Gasteiger partial charge is 0.396 e. The quantitative estimate of drug-likeness (QED) is 0.557. The standard InChI is InChI=1S/C13H26N2O2/c16-9-4-2-1-3-8-15-13(17)10-12-6-5-7-14-11-12/h12,14,16H,1-11H2,(H,15,17). The highest BCUT2D eigenvalue weighted by atomic mass is 16.2. The number of carbonyl (C=O) groups excluding carboxylic acids is 1. The van der Waals surface area contributed by atoms with Crippen LogP contribution in [0.15, 0.2) is 0 Å². The van der Waals surface area contributed by atoms with Crippen LogP contribution in [0.2, 0.25) is 0 Å². The highest BCUT2D eigenvalue weighted by molar-refractivity contribution is 5.76. The van der Waals surface area contributed by atoms with E-state index in [1.165, 1.54) is 12.8 Å². The third kappa shape index (κ3) is 7.34. The third-order valence-electron chi connectivity index (χ3n) is 3.28. The number of unbranched alkanes of at least 4 members (excludes halogenated alkanes) is 3. The second-order valence-electron chi connectivity index (χ2n) is 4.90. The molecule has 1 saturated heterocycles. The Morgan fingerprint density at radius 1 is 1.29 bits per heavy atom. The molecule has 0 aliphatic carbocycles. The second kappa shape index (κ2) is 9.42. The molecule has 1 aliphatic heterocycles. The lowest BCUT2D eigenvalue weighted by Gasteiger charge is -2.22. The summed E-state index contributed by atoms with van der Waals surface area (Å²) >= 11 is 0. The van der Waals surface area contributed by atoms with Crippen molar-refractivity contribution in [2.75, 3.05) is 26.2 Å². The lowest BCUT2D eigenvalue weighted by atomic mass is 9.96. The maximum absolute atomic E-state index is 11.6. The molecule has 0 aromatic rings. The van der Waals surface area contributed by atoms with Gasteiger partial charge < -0.3 is 15.7 Å². The number of hydrogen-bond acceptors (Lipinski definition) is 3. The minimum absolute atomic E-state index is 0.195. The fourth-order valence-electron chi connectivity index (χ4n) is 2.25. The first-order valence-electron chi connectivity index (χ1n) is 6.91. The number of amides is 1. The van der Waals surface area contributed by atoms with Crippen molar-refractivity contribution in [2.45, 2.75) is 44.9 Å². The molecule has 0 saturated carbocycles. The Bertz CT molecular complexity index is 204. The van der Waals surface area contributed by atoms with Crippen molar-refractivity contribution in [2.24, 2.45) is 5.92 Å². The second-order valence-corrected chi connectivity index (χ2v) is 4.90.